The van der Waals surface area contributed by atoms with Crippen LogP contribution in [0.4, 0.5) is 0 Å². The molecule has 1 aromatic heterocycles. The topological polar surface area (TPSA) is 49.0 Å². The Bertz CT molecular complexity index is 904. The van der Waals surface area contributed by atoms with Gasteiger partial charge in [0.25, 0.3) is 5.91 Å². The van der Waals surface area contributed by atoms with Gasteiger partial charge < -0.3 is 4.90 Å². The first-order valence-corrected chi connectivity index (χ1v) is 8.77. The quantitative estimate of drug-likeness (QED) is 0.759. The number of nitrogens with one attached hydrogen (secondary N) is 1. The lowest BCUT2D eigenvalue weighted by molar-refractivity contribution is 0.0763. The molecule has 0 unspecified atom stereocenters. The summed E-state index contributed by atoms with van der Waals surface area (Å²) in [5.41, 5.74) is 4.98. The van der Waals surface area contributed by atoms with Crippen LogP contribution in [0, 0.1) is 0 Å². The van der Waals surface area contributed by atoms with Gasteiger partial charge in [-0.1, -0.05) is 54.1 Å². The number of hydrogen-bond acceptors (Lipinski definition) is 2. The van der Waals surface area contributed by atoms with Crippen molar-refractivity contribution in [3.63, 3.8) is 0 Å². The Morgan fingerprint density at radius 3 is 2.52 bits per heavy atom. The molecule has 0 spiro atoms. The molecule has 126 valence electrons. The Morgan fingerprint density at radius 1 is 1.00 bits per heavy atom. The molecule has 4 nitrogen and oxygen atoms in total. The van der Waals surface area contributed by atoms with Crippen LogP contribution in [-0.2, 0) is 12.8 Å². The summed E-state index contributed by atoms with van der Waals surface area (Å²) >= 11 is 6.19. The molecule has 0 radical (unpaired) electrons. The van der Waals surface area contributed by atoms with Crippen molar-refractivity contribution in [2.24, 2.45) is 0 Å². The number of aromatic nitrogens is 2. The zero-order valence-electron chi connectivity index (χ0n) is 13.7. The fraction of sp³-hybridized carbons (Fsp3) is 0.200. The highest BCUT2D eigenvalue weighted by atomic mass is 35.5. The fourth-order valence-corrected chi connectivity index (χ4v) is 3.54. The van der Waals surface area contributed by atoms with Crippen molar-refractivity contribution >= 4 is 17.5 Å². The van der Waals surface area contributed by atoms with Crippen LogP contribution in [0.1, 0.15) is 21.6 Å². The third kappa shape index (κ3) is 3.05. The van der Waals surface area contributed by atoms with E-state index in [4.69, 9.17) is 11.6 Å². The van der Waals surface area contributed by atoms with Gasteiger partial charge in [0, 0.05) is 36.3 Å². The lowest BCUT2D eigenvalue weighted by Gasteiger charge is -2.21. The van der Waals surface area contributed by atoms with Crippen LogP contribution in [0.2, 0.25) is 5.02 Å². The maximum absolute atomic E-state index is 12.8. The zero-order chi connectivity index (χ0) is 17.2. The van der Waals surface area contributed by atoms with E-state index in [1.54, 1.807) is 12.1 Å². The van der Waals surface area contributed by atoms with Crippen molar-refractivity contribution in [1.29, 1.82) is 0 Å². The second-order valence-electron chi connectivity index (χ2n) is 6.17. The van der Waals surface area contributed by atoms with Crippen LogP contribution in [0.25, 0.3) is 11.3 Å². The molecule has 0 aliphatic carbocycles. The summed E-state index contributed by atoms with van der Waals surface area (Å²) in [4.78, 5) is 14.7. The molecule has 0 fully saturated rings. The highest BCUT2D eigenvalue weighted by molar-refractivity contribution is 6.33. The lowest BCUT2D eigenvalue weighted by atomic mass is 10.0. The van der Waals surface area contributed by atoms with Crippen LogP contribution in [0.15, 0.2) is 54.6 Å². The van der Waals surface area contributed by atoms with Crippen LogP contribution in [-0.4, -0.2) is 34.1 Å². The number of fused-ring (bicyclic) bond motifs is 1. The van der Waals surface area contributed by atoms with Crippen LogP contribution in [0.5, 0.6) is 0 Å². The van der Waals surface area contributed by atoms with E-state index in [9.17, 15) is 4.79 Å². The smallest absolute Gasteiger partial charge is 0.255 e. The monoisotopic (exact) mass is 351 g/mol. The van der Waals surface area contributed by atoms with Crippen LogP contribution >= 0.6 is 11.6 Å². The fourth-order valence-electron chi connectivity index (χ4n) is 3.33. The summed E-state index contributed by atoms with van der Waals surface area (Å²) in [7, 11) is 0. The summed E-state index contributed by atoms with van der Waals surface area (Å²) < 4.78 is 0. The van der Waals surface area contributed by atoms with Gasteiger partial charge in [-0.3, -0.25) is 9.89 Å². The second kappa shape index (κ2) is 6.73. The summed E-state index contributed by atoms with van der Waals surface area (Å²) in [5, 5.41) is 8.17. The molecule has 2 aromatic carbocycles. The number of nitrogens with zero attached hydrogens (tertiary/aromatic N) is 2. The number of amides is 1. The van der Waals surface area contributed by atoms with Gasteiger partial charge in [-0.25, -0.2) is 0 Å². The molecule has 4 rings (SSSR count). The van der Waals surface area contributed by atoms with E-state index in [0.717, 1.165) is 29.8 Å². The van der Waals surface area contributed by atoms with E-state index in [-0.39, 0.29) is 5.91 Å². The third-order valence-corrected chi connectivity index (χ3v) is 4.98. The van der Waals surface area contributed by atoms with E-state index >= 15 is 0 Å². The van der Waals surface area contributed by atoms with Gasteiger partial charge in [0.2, 0.25) is 0 Å². The Balaban J connectivity index is 1.58. The summed E-state index contributed by atoms with van der Waals surface area (Å²) in [6.45, 7) is 1.32. The number of benzene rings is 2. The van der Waals surface area contributed by atoms with Crippen molar-refractivity contribution in [3.8, 4) is 11.3 Å². The Hall–Kier alpha value is -2.59. The van der Waals surface area contributed by atoms with E-state index < -0.39 is 0 Å². The molecule has 0 bridgehead atoms. The molecule has 5 heteroatoms. The third-order valence-electron chi connectivity index (χ3n) is 4.65. The van der Waals surface area contributed by atoms with Crippen molar-refractivity contribution in [3.05, 3.63) is 76.4 Å². The molecular weight excluding hydrogens is 334 g/mol. The molecule has 0 atom stereocenters. The molecule has 1 aliphatic heterocycles. The Labute approximate surface area is 151 Å². The molecular formula is C20H18ClN3O. The summed E-state index contributed by atoms with van der Waals surface area (Å²) in [5.74, 6) is -0.00928. The molecule has 2 heterocycles. The number of hydrogen-bond donors (Lipinski definition) is 1. The molecule has 1 aliphatic rings. The highest BCUT2D eigenvalue weighted by Gasteiger charge is 2.24. The average Bonchev–Trinajstić information content (AvgIpc) is 2.94. The number of carbonyl (C=O) groups is 1. The van der Waals surface area contributed by atoms with Crippen LogP contribution < -0.4 is 0 Å². The van der Waals surface area contributed by atoms with E-state index in [1.807, 2.05) is 35.2 Å². The lowest BCUT2D eigenvalue weighted by Crippen LogP contribution is -2.33. The van der Waals surface area contributed by atoms with Gasteiger partial charge in [-0.15, -0.1) is 0 Å². The summed E-state index contributed by atoms with van der Waals surface area (Å²) in [6, 6.07) is 17.4. The van der Waals surface area contributed by atoms with Gasteiger partial charge in [-0.2, -0.15) is 5.10 Å². The van der Waals surface area contributed by atoms with Crippen LogP contribution in [0.3, 0.4) is 0 Å². The number of halogens is 1. The first-order valence-electron chi connectivity index (χ1n) is 8.39. The summed E-state index contributed by atoms with van der Waals surface area (Å²) in [6.07, 6.45) is 1.55. The normalized spacial score (nSPS) is 14.0. The van der Waals surface area contributed by atoms with Gasteiger partial charge in [0.15, 0.2) is 0 Å². The van der Waals surface area contributed by atoms with Gasteiger partial charge in [0.05, 0.1) is 16.3 Å². The van der Waals surface area contributed by atoms with E-state index in [0.29, 0.717) is 23.7 Å². The number of carbonyl (C=O) groups excluding carboxylic acids is 1. The first-order chi connectivity index (χ1) is 12.2. The average molecular weight is 352 g/mol. The minimum absolute atomic E-state index is 0.00928. The van der Waals surface area contributed by atoms with E-state index in [2.05, 4.69) is 22.3 Å². The van der Waals surface area contributed by atoms with Gasteiger partial charge in [0.1, 0.15) is 0 Å². The predicted octanol–water partition coefficient (Wildman–Crippen LogP) is 3.97. The molecule has 1 amide bonds. The van der Waals surface area contributed by atoms with Crippen molar-refractivity contribution < 1.29 is 4.79 Å². The second-order valence-corrected chi connectivity index (χ2v) is 6.57. The van der Waals surface area contributed by atoms with Gasteiger partial charge in [-0.05, 0) is 18.6 Å². The number of rotatable bonds is 2. The SMILES string of the molecule is O=C(c1ccccc1Cl)N1CCc2[nH]nc(-c3ccccc3)c2CC1. The Morgan fingerprint density at radius 2 is 1.72 bits per heavy atom. The van der Waals surface area contributed by atoms with Crippen molar-refractivity contribution in [2.75, 3.05) is 13.1 Å². The molecule has 0 saturated heterocycles. The minimum Gasteiger partial charge on any atom is -0.338 e. The number of H-pyrrole nitrogens is 1. The molecule has 1 N–H and O–H groups in total. The zero-order valence-corrected chi connectivity index (χ0v) is 14.5. The molecule has 25 heavy (non-hydrogen) atoms. The van der Waals surface area contributed by atoms with Gasteiger partial charge >= 0.3 is 0 Å². The maximum atomic E-state index is 12.8. The first kappa shape index (κ1) is 15.9. The maximum Gasteiger partial charge on any atom is 0.255 e. The standard InChI is InChI=1S/C20H18ClN3O/c21-17-9-5-4-8-15(17)20(25)24-12-10-16-18(11-13-24)22-23-19(16)14-6-2-1-3-7-14/h1-9H,10-13H2,(H,22,23). The van der Waals surface area contributed by atoms with Crippen molar-refractivity contribution in [2.45, 2.75) is 12.8 Å². The van der Waals surface area contributed by atoms with E-state index in [1.165, 1.54) is 5.56 Å². The molecule has 0 saturated carbocycles. The predicted molar refractivity (Wildman–Crippen MR) is 98.8 cm³/mol. The molecule has 3 aromatic rings. The largest absolute Gasteiger partial charge is 0.338 e. The highest BCUT2D eigenvalue weighted by Crippen LogP contribution is 2.27. The number of aromatic amines is 1. The minimum atomic E-state index is -0.00928. The Kier molecular flexibility index (Phi) is 4.28. The van der Waals surface area contributed by atoms with Crippen molar-refractivity contribution in [1.82, 2.24) is 15.1 Å².